The quantitative estimate of drug-likeness (QED) is 0.290. The zero-order valence-corrected chi connectivity index (χ0v) is 19.1. The standard InChI is InChI=1S/C27H25N3O2S/c31-27(25-14-6-19-33-25)28-16-15-26-29-22-11-3-4-12-23(22)30(26)17-7-18-32-24-13-5-9-20-8-1-2-10-21(20)24/h1-6,8-14,19H,7,15-18H2,(H,28,31). The van der Waals surface area contributed by atoms with Gasteiger partial charge in [-0.25, -0.2) is 4.98 Å². The van der Waals surface area contributed by atoms with Crippen molar-refractivity contribution < 1.29 is 9.53 Å². The molecule has 0 aliphatic carbocycles. The fourth-order valence-electron chi connectivity index (χ4n) is 4.07. The summed E-state index contributed by atoms with van der Waals surface area (Å²) in [4.78, 5) is 17.8. The van der Waals surface area contributed by atoms with E-state index in [0.29, 0.717) is 19.6 Å². The van der Waals surface area contributed by atoms with Gasteiger partial charge in [0.2, 0.25) is 0 Å². The fraction of sp³-hybridized carbons (Fsp3) is 0.185. The van der Waals surface area contributed by atoms with E-state index in [1.165, 1.54) is 16.7 Å². The summed E-state index contributed by atoms with van der Waals surface area (Å²) in [5.74, 6) is 1.86. The second kappa shape index (κ2) is 9.88. The van der Waals surface area contributed by atoms with Gasteiger partial charge in [0.25, 0.3) is 5.91 Å². The first kappa shape index (κ1) is 21.2. The number of hydrogen-bond acceptors (Lipinski definition) is 4. The Balaban J connectivity index is 1.24. The smallest absolute Gasteiger partial charge is 0.261 e. The molecule has 0 aliphatic rings. The van der Waals surface area contributed by atoms with Crippen LogP contribution in [0.5, 0.6) is 5.75 Å². The Morgan fingerprint density at radius 2 is 1.82 bits per heavy atom. The number of para-hydroxylation sites is 2. The fourth-order valence-corrected chi connectivity index (χ4v) is 4.71. The number of imidazole rings is 1. The van der Waals surface area contributed by atoms with E-state index in [1.807, 2.05) is 60.0 Å². The molecular weight excluding hydrogens is 430 g/mol. The lowest BCUT2D eigenvalue weighted by molar-refractivity contribution is 0.0958. The molecule has 0 saturated carbocycles. The van der Waals surface area contributed by atoms with Gasteiger partial charge in [0.15, 0.2) is 0 Å². The molecule has 5 aromatic rings. The normalized spacial score (nSPS) is 11.2. The highest BCUT2D eigenvalue weighted by atomic mass is 32.1. The lowest BCUT2D eigenvalue weighted by Crippen LogP contribution is -2.25. The zero-order valence-electron chi connectivity index (χ0n) is 18.2. The van der Waals surface area contributed by atoms with E-state index in [0.717, 1.165) is 45.8 Å². The number of nitrogens with zero attached hydrogens (tertiary/aromatic N) is 2. The van der Waals surface area contributed by atoms with E-state index in [-0.39, 0.29) is 5.91 Å². The Labute approximate surface area is 196 Å². The number of amides is 1. The topological polar surface area (TPSA) is 56.2 Å². The van der Waals surface area contributed by atoms with Crippen LogP contribution in [0.4, 0.5) is 0 Å². The highest BCUT2D eigenvalue weighted by molar-refractivity contribution is 7.12. The molecule has 1 amide bonds. The molecule has 166 valence electrons. The predicted octanol–water partition coefficient (Wildman–Crippen LogP) is 5.69. The van der Waals surface area contributed by atoms with Gasteiger partial charge < -0.3 is 14.6 Å². The molecule has 0 radical (unpaired) electrons. The molecule has 0 spiro atoms. The SMILES string of the molecule is O=C(NCCc1nc2ccccc2n1CCCOc1cccc2ccccc12)c1cccs1. The van der Waals surface area contributed by atoms with Gasteiger partial charge in [0.05, 0.1) is 22.5 Å². The van der Waals surface area contributed by atoms with E-state index in [1.54, 1.807) is 0 Å². The van der Waals surface area contributed by atoms with Crippen LogP contribution in [0.1, 0.15) is 21.9 Å². The van der Waals surface area contributed by atoms with Crippen LogP contribution in [0.15, 0.2) is 84.2 Å². The summed E-state index contributed by atoms with van der Waals surface area (Å²) in [7, 11) is 0. The Kier molecular flexibility index (Phi) is 6.35. The number of rotatable bonds is 9. The Morgan fingerprint density at radius 3 is 2.73 bits per heavy atom. The first-order chi connectivity index (χ1) is 16.3. The number of benzene rings is 3. The molecule has 2 aromatic heterocycles. The molecule has 5 rings (SSSR count). The summed E-state index contributed by atoms with van der Waals surface area (Å²) >= 11 is 1.45. The number of carbonyl (C=O) groups is 1. The lowest BCUT2D eigenvalue weighted by atomic mass is 10.1. The number of ether oxygens (including phenoxy) is 1. The molecule has 2 heterocycles. The van der Waals surface area contributed by atoms with Gasteiger partial charge in [0.1, 0.15) is 11.6 Å². The number of aromatic nitrogens is 2. The molecule has 0 fully saturated rings. The summed E-state index contributed by atoms with van der Waals surface area (Å²) in [5.41, 5.74) is 2.09. The van der Waals surface area contributed by atoms with Crippen LogP contribution in [0, 0.1) is 0 Å². The van der Waals surface area contributed by atoms with Crippen molar-refractivity contribution in [3.63, 3.8) is 0 Å². The molecule has 0 bridgehead atoms. The number of thiophene rings is 1. The monoisotopic (exact) mass is 455 g/mol. The lowest BCUT2D eigenvalue weighted by Gasteiger charge is -2.12. The maximum Gasteiger partial charge on any atom is 0.261 e. The minimum atomic E-state index is -0.0313. The minimum Gasteiger partial charge on any atom is -0.493 e. The van der Waals surface area contributed by atoms with Gasteiger partial charge in [-0.1, -0.05) is 54.6 Å². The molecular formula is C27H25N3O2S. The molecule has 0 unspecified atom stereocenters. The average molecular weight is 456 g/mol. The third kappa shape index (κ3) is 4.76. The summed E-state index contributed by atoms with van der Waals surface area (Å²) < 4.78 is 8.38. The summed E-state index contributed by atoms with van der Waals surface area (Å²) in [6.07, 6.45) is 1.54. The van der Waals surface area contributed by atoms with Crippen molar-refractivity contribution in [1.29, 1.82) is 0 Å². The van der Waals surface area contributed by atoms with Crippen molar-refractivity contribution in [3.8, 4) is 5.75 Å². The number of hydrogen-bond donors (Lipinski definition) is 1. The van der Waals surface area contributed by atoms with Gasteiger partial charge in [-0.15, -0.1) is 11.3 Å². The molecule has 33 heavy (non-hydrogen) atoms. The Bertz CT molecular complexity index is 1370. The van der Waals surface area contributed by atoms with Crippen molar-refractivity contribution in [2.24, 2.45) is 0 Å². The maximum atomic E-state index is 12.2. The van der Waals surface area contributed by atoms with Crippen LogP contribution < -0.4 is 10.1 Å². The van der Waals surface area contributed by atoms with E-state index in [9.17, 15) is 4.79 Å². The second-order valence-corrected chi connectivity index (χ2v) is 8.78. The van der Waals surface area contributed by atoms with Crippen LogP contribution in [0.25, 0.3) is 21.8 Å². The van der Waals surface area contributed by atoms with E-state index < -0.39 is 0 Å². The van der Waals surface area contributed by atoms with Crippen LogP contribution in [-0.2, 0) is 13.0 Å². The first-order valence-electron chi connectivity index (χ1n) is 11.2. The van der Waals surface area contributed by atoms with Gasteiger partial charge in [0, 0.05) is 24.9 Å². The van der Waals surface area contributed by atoms with Crippen LogP contribution in [0.3, 0.4) is 0 Å². The molecule has 5 nitrogen and oxygen atoms in total. The van der Waals surface area contributed by atoms with Gasteiger partial charge >= 0.3 is 0 Å². The predicted molar refractivity (Wildman–Crippen MR) is 134 cm³/mol. The minimum absolute atomic E-state index is 0.0313. The van der Waals surface area contributed by atoms with Crippen LogP contribution in [0.2, 0.25) is 0 Å². The summed E-state index contributed by atoms with van der Waals surface area (Å²) in [5, 5.41) is 7.23. The summed E-state index contributed by atoms with van der Waals surface area (Å²) in [6.45, 7) is 1.97. The molecule has 0 saturated heterocycles. The van der Waals surface area contributed by atoms with Gasteiger partial charge in [-0.3, -0.25) is 4.79 Å². The number of carbonyl (C=O) groups excluding carboxylic acids is 1. The second-order valence-electron chi connectivity index (χ2n) is 7.83. The Hall–Kier alpha value is -3.64. The van der Waals surface area contributed by atoms with Gasteiger partial charge in [-0.05, 0) is 41.5 Å². The van der Waals surface area contributed by atoms with Crippen molar-refractivity contribution in [2.75, 3.05) is 13.2 Å². The molecule has 6 heteroatoms. The van der Waals surface area contributed by atoms with E-state index >= 15 is 0 Å². The first-order valence-corrected chi connectivity index (χ1v) is 12.0. The number of fused-ring (bicyclic) bond motifs is 2. The molecule has 0 aliphatic heterocycles. The zero-order chi connectivity index (χ0) is 22.5. The number of aryl methyl sites for hydroxylation is 1. The highest BCUT2D eigenvalue weighted by Crippen LogP contribution is 2.25. The largest absolute Gasteiger partial charge is 0.493 e. The average Bonchev–Trinajstić information content (AvgIpc) is 3.50. The van der Waals surface area contributed by atoms with Crippen molar-refractivity contribution >= 4 is 39.0 Å². The van der Waals surface area contributed by atoms with Gasteiger partial charge in [-0.2, -0.15) is 0 Å². The molecule has 3 aromatic carbocycles. The van der Waals surface area contributed by atoms with Crippen LogP contribution >= 0.6 is 11.3 Å². The summed E-state index contributed by atoms with van der Waals surface area (Å²) in [6, 6.07) is 26.3. The maximum absolute atomic E-state index is 12.2. The van der Waals surface area contributed by atoms with Crippen LogP contribution in [-0.4, -0.2) is 28.6 Å². The van der Waals surface area contributed by atoms with Crippen molar-refractivity contribution in [3.05, 3.63) is 94.9 Å². The van der Waals surface area contributed by atoms with Crippen molar-refractivity contribution in [2.45, 2.75) is 19.4 Å². The highest BCUT2D eigenvalue weighted by Gasteiger charge is 2.12. The molecule has 0 atom stereocenters. The third-order valence-electron chi connectivity index (χ3n) is 5.65. The number of nitrogens with one attached hydrogen (secondary N) is 1. The van der Waals surface area contributed by atoms with Crippen molar-refractivity contribution in [1.82, 2.24) is 14.9 Å². The van der Waals surface area contributed by atoms with E-state index in [4.69, 9.17) is 9.72 Å². The third-order valence-corrected chi connectivity index (χ3v) is 6.51. The molecule has 1 N–H and O–H groups in total. The van der Waals surface area contributed by atoms with E-state index in [2.05, 4.69) is 34.1 Å². The Morgan fingerprint density at radius 1 is 0.970 bits per heavy atom.